The van der Waals surface area contributed by atoms with E-state index in [1.54, 1.807) is 7.11 Å². The molecule has 0 bridgehead atoms. The number of hydrogen-bond acceptors (Lipinski definition) is 4. The van der Waals surface area contributed by atoms with Gasteiger partial charge >= 0.3 is 6.16 Å². The topological polar surface area (TPSA) is 44.8 Å². The van der Waals surface area contributed by atoms with Crippen LogP contribution in [0.1, 0.15) is 34.6 Å². The molecule has 0 aromatic carbocycles. The summed E-state index contributed by atoms with van der Waals surface area (Å²) in [6.07, 6.45) is 1.11. The van der Waals surface area contributed by atoms with Gasteiger partial charge in [0.15, 0.2) is 0 Å². The first-order valence-electron chi connectivity index (χ1n) is 4.12. The van der Waals surface area contributed by atoms with Crippen LogP contribution in [0.3, 0.4) is 0 Å². The number of rotatable bonds is 4. The SMILES string of the molecule is C.C.CCC(CC1COC(=O)O1)OC. The van der Waals surface area contributed by atoms with Gasteiger partial charge in [-0.25, -0.2) is 4.79 Å². The molecule has 0 spiro atoms. The highest BCUT2D eigenvalue weighted by atomic mass is 16.8. The molecule has 1 heterocycles. The Kier molecular flexibility index (Phi) is 8.54. The van der Waals surface area contributed by atoms with E-state index < -0.39 is 6.16 Å². The molecule has 4 heteroatoms. The van der Waals surface area contributed by atoms with Crippen LogP contribution in [0.15, 0.2) is 0 Å². The highest BCUT2D eigenvalue weighted by molar-refractivity contribution is 5.61. The van der Waals surface area contributed by atoms with Crippen molar-refractivity contribution in [2.75, 3.05) is 13.7 Å². The van der Waals surface area contributed by atoms with Crippen LogP contribution in [0.2, 0.25) is 0 Å². The Balaban J connectivity index is 0. The molecule has 0 N–H and O–H groups in total. The van der Waals surface area contributed by atoms with Crippen LogP contribution in [-0.2, 0) is 14.2 Å². The van der Waals surface area contributed by atoms with Crippen molar-refractivity contribution < 1.29 is 19.0 Å². The predicted octanol–water partition coefficient (Wildman–Crippen LogP) is 2.61. The fourth-order valence-corrected chi connectivity index (χ4v) is 1.20. The molecule has 0 saturated carbocycles. The van der Waals surface area contributed by atoms with Crippen LogP contribution in [0.5, 0.6) is 0 Å². The molecule has 0 aromatic rings. The summed E-state index contributed by atoms with van der Waals surface area (Å²) in [6, 6.07) is 0. The standard InChI is InChI=1S/C8H14O4.2CH4/c1-3-6(10-2)4-7-5-11-8(9)12-7;;/h6-7H,3-5H2,1-2H3;2*1H4. The number of carbonyl (C=O) groups is 1. The molecule has 1 aliphatic heterocycles. The second-order valence-corrected chi connectivity index (χ2v) is 2.80. The average Bonchev–Trinajstić information content (AvgIpc) is 2.47. The maximum atomic E-state index is 10.5. The molecule has 0 radical (unpaired) electrons. The third-order valence-electron chi connectivity index (χ3n) is 1.96. The third kappa shape index (κ3) is 4.46. The van der Waals surface area contributed by atoms with Crippen molar-refractivity contribution in [3.8, 4) is 0 Å². The maximum absolute atomic E-state index is 10.5. The van der Waals surface area contributed by atoms with Crippen LogP contribution in [0.25, 0.3) is 0 Å². The molecule has 1 rings (SSSR count). The minimum absolute atomic E-state index is 0. The summed E-state index contributed by atoms with van der Waals surface area (Å²) in [6.45, 7) is 2.39. The van der Waals surface area contributed by atoms with Crippen LogP contribution < -0.4 is 0 Å². The van der Waals surface area contributed by atoms with Crippen molar-refractivity contribution >= 4 is 6.16 Å². The molecule has 0 aliphatic carbocycles. The Morgan fingerprint density at radius 1 is 1.57 bits per heavy atom. The highest BCUT2D eigenvalue weighted by Gasteiger charge is 2.27. The van der Waals surface area contributed by atoms with E-state index in [1.165, 1.54) is 0 Å². The Labute approximate surface area is 86.5 Å². The zero-order valence-corrected chi connectivity index (χ0v) is 7.41. The summed E-state index contributed by atoms with van der Waals surface area (Å²) in [5, 5.41) is 0. The van der Waals surface area contributed by atoms with Crippen LogP contribution in [-0.4, -0.2) is 32.1 Å². The van der Waals surface area contributed by atoms with Gasteiger partial charge in [0, 0.05) is 13.5 Å². The van der Waals surface area contributed by atoms with Crippen molar-refractivity contribution in [1.82, 2.24) is 0 Å². The van der Waals surface area contributed by atoms with Gasteiger partial charge in [0.1, 0.15) is 12.7 Å². The van der Waals surface area contributed by atoms with Crippen molar-refractivity contribution in [1.29, 1.82) is 0 Å². The second-order valence-electron chi connectivity index (χ2n) is 2.80. The minimum Gasteiger partial charge on any atom is -0.430 e. The lowest BCUT2D eigenvalue weighted by Gasteiger charge is -2.14. The van der Waals surface area contributed by atoms with E-state index in [2.05, 4.69) is 4.74 Å². The van der Waals surface area contributed by atoms with Gasteiger partial charge in [0.25, 0.3) is 0 Å². The number of ether oxygens (including phenoxy) is 3. The molecule has 0 amide bonds. The Morgan fingerprint density at radius 3 is 2.57 bits per heavy atom. The Bertz CT molecular complexity index is 154. The van der Waals surface area contributed by atoms with Gasteiger partial charge in [-0.05, 0) is 6.42 Å². The summed E-state index contributed by atoms with van der Waals surface area (Å²) in [5.41, 5.74) is 0. The van der Waals surface area contributed by atoms with E-state index >= 15 is 0 Å². The van der Waals surface area contributed by atoms with Crippen LogP contribution in [0, 0.1) is 0 Å². The van der Waals surface area contributed by atoms with Gasteiger partial charge in [-0.3, -0.25) is 0 Å². The average molecular weight is 206 g/mol. The lowest BCUT2D eigenvalue weighted by molar-refractivity contribution is 0.0491. The smallest absolute Gasteiger partial charge is 0.430 e. The molecule has 86 valence electrons. The van der Waals surface area contributed by atoms with Crippen LogP contribution >= 0.6 is 0 Å². The molecule has 14 heavy (non-hydrogen) atoms. The first kappa shape index (κ1) is 15.7. The molecular weight excluding hydrogens is 184 g/mol. The second kappa shape index (κ2) is 7.62. The summed E-state index contributed by atoms with van der Waals surface area (Å²) in [4.78, 5) is 10.5. The fourth-order valence-electron chi connectivity index (χ4n) is 1.20. The van der Waals surface area contributed by atoms with E-state index in [-0.39, 0.29) is 27.1 Å². The zero-order chi connectivity index (χ0) is 8.97. The maximum Gasteiger partial charge on any atom is 0.508 e. The van der Waals surface area contributed by atoms with Crippen molar-refractivity contribution in [2.24, 2.45) is 0 Å². The Hall–Kier alpha value is -0.770. The van der Waals surface area contributed by atoms with Crippen molar-refractivity contribution in [3.63, 3.8) is 0 Å². The number of carbonyl (C=O) groups excluding carboxylic acids is 1. The number of cyclic esters (lactones) is 2. The van der Waals surface area contributed by atoms with E-state index in [0.29, 0.717) is 6.61 Å². The number of methoxy groups -OCH3 is 1. The highest BCUT2D eigenvalue weighted by Crippen LogP contribution is 2.14. The van der Waals surface area contributed by atoms with Gasteiger partial charge in [-0.15, -0.1) is 0 Å². The largest absolute Gasteiger partial charge is 0.508 e. The van der Waals surface area contributed by atoms with Crippen molar-refractivity contribution in [2.45, 2.75) is 46.8 Å². The number of hydrogen-bond donors (Lipinski definition) is 0. The van der Waals surface area contributed by atoms with Gasteiger partial charge in [-0.1, -0.05) is 21.8 Å². The molecule has 4 nitrogen and oxygen atoms in total. The van der Waals surface area contributed by atoms with Gasteiger partial charge in [0.2, 0.25) is 0 Å². The van der Waals surface area contributed by atoms with Crippen molar-refractivity contribution in [3.05, 3.63) is 0 Å². The predicted molar refractivity (Wildman–Crippen MR) is 55.4 cm³/mol. The molecule has 0 aromatic heterocycles. The van der Waals surface area contributed by atoms with E-state index in [9.17, 15) is 4.79 Å². The normalized spacial score (nSPS) is 21.3. The Morgan fingerprint density at radius 2 is 2.21 bits per heavy atom. The lowest BCUT2D eigenvalue weighted by Crippen LogP contribution is -2.20. The monoisotopic (exact) mass is 206 g/mol. The molecular formula is C10H22O4. The molecule has 2 atom stereocenters. The van der Waals surface area contributed by atoms with Gasteiger partial charge < -0.3 is 14.2 Å². The lowest BCUT2D eigenvalue weighted by atomic mass is 10.1. The zero-order valence-electron chi connectivity index (χ0n) is 7.41. The van der Waals surface area contributed by atoms with E-state index in [1.807, 2.05) is 6.92 Å². The first-order valence-corrected chi connectivity index (χ1v) is 4.12. The molecule has 1 fully saturated rings. The van der Waals surface area contributed by atoms with E-state index in [4.69, 9.17) is 9.47 Å². The first-order chi connectivity index (χ1) is 5.76. The molecule has 1 saturated heterocycles. The molecule has 2 unspecified atom stereocenters. The summed E-state index contributed by atoms with van der Waals surface area (Å²) >= 11 is 0. The third-order valence-corrected chi connectivity index (χ3v) is 1.96. The molecule has 1 aliphatic rings. The van der Waals surface area contributed by atoms with Gasteiger partial charge in [0.05, 0.1) is 6.10 Å². The van der Waals surface area contributed by atoms with E-state index in [0.717, 1.165) is 12.8 Å². The van der Waals surface area contributed by atoms with Gasteiger partial charge in [-0.2, -0.15) is 0 Å². The fraction of sp³-hybridized carbons (Fsp3) is 0.900. The quantitative estimate of drug-likeness (QED) is 0.663. The minimum atomic E-state index is -0.564. The summed E-state index contributed by atoms with van der Waals surface area (Å²) in [5.74, 6) is 0. The summed E-state index contributed by atoms with van der Waals surface area (Å²) < 4.78 is 14.6. The summed E-state index contributed by atoms with van der Waals surface area (Å²) in [7, 11) is 1.66. The van der Waals surface area contributed by atoms with Crippen LogP contribution in [0.4, 0.5) is 4.79 Å².